The van der Waals surface area contributed by atoms with E-state index >= 15 is 0 Å². The van der Waals surface area contributed by atoms with Crippen LogP contribution in [0, 0.1) is 5.82 Å². The Morgan fingerprint density at radius 2 is 1.56 bits per heavy atom. The number of carbonyl (C=O) groups excluding carboxylic acids is 1. The predicted octanol–water partition coefficient (Wildman–Crippen LogP) is 4.24. The summed E-state index contributed by atoms with van der Waals surface area (Å²) in [7, 11) is -3.76. The van der Waals surface area contributed by atoms with Gasteiger partial charge in [-0.2, -0.15) is 0 Å². The van der Waals surface area contributed by atoms with E-state index in [1.807, 2.05) is 4.90 Å². The summed E-state index contributed by atoms with van der Waals surface area (Å²) in [6, 6.07) is 19.0. The maximum Gasteiger partial charge on any atom is 0.261 e. The van der Waals surface area contributed by atoms with E-state index in [0.717, 1.165) is 0 Å². The number of benzene rings is 3. The van der Waals surface area contributed by atoms with E-state index in [2.05, 4.69) is 4.72 Å². The van der Waals surface area contributed by atoms with E-state index in [9.17, 15) is 17.6 Å². The van der Waals surface area contributed by atoms with Gasteiger partial charge in [-0.25, -0.2) is 12.8 Å². The number of hydrogen-bond donors (Lipinski definition) is 1. The van der Waals surface area contributed by atoms with E-state index in [1.54, 1.807) is 41.3 Å². The summed E-state index contributed by atoms with van der Waals surface area (Å²) >= 11 is 6.32. The van der Waals surface area contributed by atoms with Crippen LogP contribution in [-0.4, -0.2) is 45.4 Å². The molecule has 0 radical (unpaired) electrons. The minimum atomic E-state index is -3.76. The second-order valence-corrected chi connectivity index (χ2v) is 9.43. The molecule has 1 aliphatic heterocycles. The molecule has 0 aliphatic carbocycles. The average Bonchev–Trinajstić information content (AvgIpc) is 2.80. The standard InChI is InChI=1S/C23H21ClFN3O3S/c24-20-16-17(26-32(30,31)18-6-2-1-3-7-18)10-11-19(20)23(29)28-14-12-27(13-15-28)22-9-5-4-8-21(22)25/h1-11,16,26H,12-15H2. The first-order chi connectivity index (χ1) is 15.3. The van der Waals surface area contributed by atoms with Crippen LogP contribution in [-0.2, 0) is 10.0 Å². The number of nitrogens with one attached hydrogen (secondary N) is 1. The topological polar surface area (TPSA) is 69.7 Å². The van der Waals surface area contributed by atoms with Gasteiger partial charge in [-0.15, -0.1) is 0 Å². The van der Waals surface area contributed by atoms with Gasteiger partial charge in [0, 0.05) is 26.2 Å². The van der Waals surface area contributed by atoms with Crippen molar-refractivity contribution in [2.45, 2.75) is 4.90 Å². The van der Waals surface area contributed by atoms with Gasteiger partial charge in [-0.3, -0.25) is 9.52 Å². The highest BCUT2D eigenvalue weighted by Crippen LogP contribution is 2.26. The highest BCUT2D eigenvalue weighted by Gasteiger charge is 2.25. The predicted molar refractivity (Wildman–Crippen MR) is 123 cm³/mol. The number of para-hydroxylation sites is 1. The molecule has 0 saturated carbocycles. The zero-order chi connectivity index (χ0) is 22.7. The van der Waals surface area contributed by atoms with Crippen molar-refractivity contribution < 1.29 is 17.6 Å². The van der Waals surface area contributed by atoms with Crippen molar-refractivity contribution >= 4 is 38.9 Å². The smallest absolute Gasteiger partial charge is 0.261 e. The highest BCUT2D eigenvalue weighted by molar-refractivity contribution is 7.92. The molecule has 4 rings (SSSR count). The van der Waals surface area contributed by atoms with E-state index < -0.39 is 10.0 Å². The lowest BCUT2D eigenvalue weighted by molar-refractivity contribution is 0.0747. The van der Waals surface area contributed by atoms with Gasteiger partial charge < -0.3 is 9.80 Å². The van der Waals surface area contributed by atoms with Crippen molar-refractivity contribution in [2.75, 3.05) is 35.8 Å². The van der Waals surface area contributed by atoms with Gasteiger partial charge in [0.25, 0.3) is 15.9 Å². The van der Waals surface area contributed by atoms with Gasteiger partial charge in [0.2, 0.25) is 0 Å². The number of halogens is 2. The molecule has 1 fully saturated rings. The van der Waals surface area contributed by atoms with Crippen molar-refractivity contribution in [3.8, 4) is 0 Å². The molecule has 3 aromatic carbocycles. The van der Waals surface area contributed by atoms with Crippen LogP contribution in [0.5, 0.6) is 0 Å². The normalized spacial score (nSPS) is 14.3. The molecule has 1 aliphatic rings. The minimum Gasteiger partial charge on any atom is -0.366 e. The molecule has 9 heteroatoms. The Morgan fingerprint density at radius 3 is 2.22 bits per heavy atom. The molecule has 1 amide bonds. The maximum atomic E-state index is 14.0. The summed E-state index contributed by atoms with van der Waals surface area (Å²) in [6.45, 7) is 1.84. The van der Waals surface area contributed by atoms with Crippen LogP contribution in [0.15, 0.2) is 77.7 Å². The summed E-state index contributed by atoms with van der Waals surface area (Å²) in [5, 5.41) is 0.153. The van der Waals surface area contributed by atoms with E-state index in [4.69, 9.17) is 11.6 Å². The molecule has 0 unspecified atom stereocenters. The molecule has 0 atom stereocenters. The van der Waals surface area contributed by atoms with Crippen LogP contribution in [0.25, 0.3) is 0 Å². The third kappa shape index (κ3) is 4.71. The Morgan fingerprint density at radius 1 is 0.906 bits per heavy atom. The maximum absolute atomic E-state index is 14.0. The van der Waals surface area contributed by atoms with E-state index in [0.29, 0.717) is 31.9 Å². The van der Waals surface area contributed by atoms with Crippen molar-refractivity contribution in [1.29, 1.82) is 0 Å². The molecular weight excluding hydrogens is 453 g/mol. The molecule has 166 valence electrons. The number of sulfonamides is 1. The molecule has 1 heterocycles. The van der Waals surface area contributed by atoms with Crippen LogP contribution < -0.4 is 9.62 Å². The van der Waals surface area contributed by atoms with Crippen LogP contribution in [0.1, 0.15) is 10.4 Å². The summed E-state index contributed by atoms with van der Waals surface area (Å²) in [5.74, 6) is -0.537. The third-order valence-corrected chi connectivity index (χ3v) is 6.98. The lowest BCUT2D eigenvalue weighted by atomic mass is 10.1. The number of anilines is 2. The molecule has 1 N–H and O–H groups in total. The number of piperazine rings is 1. The Bertz CT molecular complexity index is 1230. The number of carbonyl (C=O) groups is 1. The molecule has 0 bridgehead atoms. The van der Waals surface area contributed by atoms with Gasteiger partial charge in [0.15, 0.2) is 0 Å². The highest BCUT2D eigenvalue weighted by atomic mass is 35.5. The van der Waals surface area contributed by atoms with Gasteiger partial charge in [0.05, 0.1) is 26.9 Å². The van der Waals surface area contributed by atoms with Gasteiger partial charge >= 0.3 is 0 Å². The quantitative estimate of drug-likeness (QED) is 0.601. The second kappa shape index (κ2) is 9.18. The SMILES string of the molecule is O=C(c1ccc(NS(=O)(=O)c2ccccc2)cc1Cl)N1CCN(c2ccccc2F)CC1. The number of rotatable bonds is 5. The number of hydrogen-bond acceptors (Lipinski definition) is 4. The lowest BCUT2D eigenvalue weighted by Crippen LogP contribution is -2.49. The first-order valence-corrected chi connectivity index (χ1v) is 11.9. The summed E-state index contributed by atoms with van der Waals surface area (Å²) < 4.78 is 41.5. The number of amides is 1. The minimum absolute atomic E-state index is 0.129. The van der Waals surface area contributed by atoms with Crippen molar-refractivity contribution in [3.05, 3.63) is 89.2 Å². The Labute approximate surface area is 191 Å². The molecule has 0 aromatic heterocycles. The molecule has 0 spiro atoms. The van der Waals surface area contributed by atoms with Crippen molar-refractivity contribution in [3.63, 3.8) is 0 Å². The van der Waals surface area contributed by atoms with Crippen LogP contribution >= 0.6 is 11.6 Å². The largest absolute Gasteiger partial charge is 0.366 e. The van der Waals surface area contributed by atoms with Crippen LogP contribution in [0.4, 0.5) is 15.8 Å². The van der Waals surface area contributed by atoms with E-state index in [-0.39, 0.29) is 32.9 Å². The summed E-state index contributed by atoms with van der Waals surface area (Å²) in [6.07, 6.45) is 0. The van der Waals surface area contributed by atoms with Gasteiger partial charge in [-0.05, 0) is 42.5 Å². The van der Waals surface area contributed by atoms with Gasteiger partial charge in [0.1, 0.15) is 5.82 Å². The monoisotopic (exact) mass is 473 g/mol. The van der Waals surface area contributed by atoms with Crippen molar-refractivity contribution in [2.24, 2.45) is 0 Å². The first-order valence-electron chi connectivity index (χ1n) is 10.0. The molecule has 32 heavy (non-hydrogen) atoms. The van der Waals surface area contributed by atoms with Crippen molar-refractivity contribution in [1.82, 2.24) is 4.90 Å². The molecule has 6 nitrogen and oxygen atoms in total. The second-order valence-electron chi connectivity index (χ2n) is 7.34. The first kappa shape index (κ1) is 22.1. The van der Waals surface area contributed by atoms with Crippen LogP contribution in [0.2, 0.25) is 5.02 Å². The summed E-state index contributed by atoms with van der Waals surface area (Å²) in [5.41, 5.74) is 1.07. The van der Waals surface area contributed by atoms with Crippen LogP contribution in [0.3, 0.4) is 0 Å². The third-order valence-electron chi connectivity index (χ3n) is 5.27. The average molecular weight is 474 g/mol. The lowest BCUT2D eigenvalue weighted by Gasteiger charge is -2.36. The Kier molecular flexibility index (Phi) is 6.34. The Hall–Kier alpha value is -3.10. The fourth-order valence-corrected chi connectivity index (χ4v) is 4.93. The zero-order valence-corrected chi connectivity index (χ0v) is 18.6. The zero-order valence-electron chi connectivity index (χ0n) is 17.0. The Balaban J connectivity index is 1.43. The van der Waals surface area contributed by atoms with E-state index in [1.165, 1.54) is 36.4 Å². The van der Waals surface area contributed by atoms with Gasteiger partial charge in [-0.1, -0.05) is 41.9 Å². The molecule has 3 aromatic rings. The molecular formula is C23H21ClFN3O3S. The fraction of sp³-hybridized carbons (Fsp3) is 0.174. The number of nitrogens with zero attached hydrogens (tertiary/aromatic N) is 2. The fourth-order valence-electron chi connectivity index (χ4n) is 3.59. The summed E-state index contributed by atoms with van der Waals surface area (Å²) in [4.78, 5) is 16.7. The molecule has 1 saturated heterocycles.